The largest absolute Gasteiger partial charge is 0.497 e. The molecule has 0 saturated heterocycles. The van der Waals surface area contributed by atoms with E-state index in [1.807, 2.05) is 6.07 Å². The van der Waals surface area contributed by atoms with Gasteiger partial charge in [-0.3, -0.25) is 0 Å². The van der Waals surface area contributed by atoms with Crippen molar-refractivity contribution < 1.29 is 9.84 Å². The van der Waals surface area contributed by atoms with Gasteiger partial charge in [-0.05, 0) is 67.1 Å². The third-order valence-corrected chi connectivity index (χ3v) is 4.75. The van der Waals surface area contributed by atoms with E-state index in [-0.39, 0.29) is 6.10 Å². The van der Waals surface area contributed by atoms with Gasteiger partial charge in [0.15, 0.2) is 0 Å². The van der Waals surface area contributed by atoms with Crippen LogP contribution in [0.1, 0.15) is 44.2 Å². The van der Waals surface area contributed by atoms with Crippen molar-refractivity contribution in [1.82, 2.24) is 5.32 Å². The SMILES string of the molecule is COc1ccc2cc(C(C)NC3CCC(O)CC3)ccc2c1. The van der Waals surface area contributed by atoms with E-state index in [0.29, 0.717) is 12.1 Å². The zero-order valence-electron chi connectivity index (χ0n) is 13.4. The molecule has 0 spiro atoms. The zero-order valence-corrected chi connectivity index (χ0v) is 13.4. The van der Waals surface area contributed by atoms with Gasteiger partial charge in [-0.2, -0.15) is 0 Å². The summed E-state index contributed by atoms with van der Waals surface area (Å²) in [6.07, 6.45) is 3.88. The molecule has 2 aromatic carbocycles. The second-order valence-electron chi connectivity index (χ2n) is 6.37. The van der Waals surface area contributed by atoms with Crippen LogP contribution in [0.2, 0.25) is 0 Å². The average molecular weight is 299 g/mol. The summed E-state index contributed by atoms with van der Waals surface area (Å²) in [6.45, 7) is 2.22. The van der Waals surface area contributed by atoms with Crippen LogP contribution in [0.5, 0.6) is 5.75 Å². The standard InChI is InChI=1S/C19H25NO2/c1-13(20-17-6-8-18(21)9-7-17)14-3-4-16-12-19(22-2)10-5-15(16)11-14/h3-5,10-13,17-18,20-21H,6-9H2,1-2H3. The lowest BCUT2D eigenvalue weighted by atomic mass is 9.92. The van der Waals surface area contributed by atoms with Crippen LogP contribution in [0.25, 0.3) is 10.8 Å². The Balaban J connectivity index is 1.72. The van der Waals surface area contributed by atoms with Gasteiger partial charge in [0, 0.05) is 12.1 Å². The molecule has 0 amide bonds. The van der Waals surface area contributed by atoms with E-state index in [0.717, 1.165) is 31.4 Å². The Kier molecular flexibility index (Phi) is 4.65. The van der Waals surface area contributed by atoms with Gasteiger partial charge in [0.1, 0.15) is 5.75 Å². The Hall–Kier alpha value is -1.58. The van der Waals surface area contributed by atoms with E-state index in [1.54, 1.807) is 7.11 Å². The zero-order chi connectivity index (χ0) is 15.5. The van der Waals surface area contributed by atoms with E-state index in [1.165, 1.54) is 16.3 Å². The van der Waals surface area contributed by atoms with Gasteiger partial charge >= 0.3 is 0 Å². The summed E-state index contributed by atoms with van der Waals surface area (Å²) in [5, 5.41) is 15.8. The van der Waals surface area contributed by atoms with E-state index in [9.17, 15) is 5.11 Å². The van der Waals surface area contributed by atoms with Crippen LogP contribution >= 0.6 is 0 Å². The molecule has 118 valence electrons. The molecule has 0 aromatic heterocycles. The molecule has 1 fully saturated rings. The van der Waals surface area contributed by atoms with Gasteiger partial charge in [0.25, 0.3) is 0 Å². The topological polar surface area (TPSA) is 41.5 Å². The van der Waals surface area contributed by atoms with Crippen molar-refractivity contribution in [1.29, 1.82) is 0 Å². The van der Waals surface area contributed by atoms with Crippen LogP contribution in [0, 0.1) is 0 Å². The molecule has 1 saturated carbocycles. The average Bonchev–Trinajstić information content (AvgIpc) is 2.56. The van der Waals surface area contributed by atoms with Gasteiger partial charge in [-0.1, -0.05) is 18.2 Å². The molecule has 1 unspecified atom stereocenters. The van der Waals surface area contributed by atoms with Crippen molar-refractivity contribution >= 4 is 10.8 Å². The first-order chi connectivity index (χ1) is 10.7. The summed E-state index contributed by atoms with van der Waals surface area (Å²) >= 11 is 0. The Morgan fingerprint density at radius 3 is 2.45 bits per heavy atom. The number of hydrogen-bond acceptors (Lipinski definition) is 3. The van der Waals surface area contributed by atoms with Crippen molar-refractivity contribution in [3.05, 3.63) is 42.0 Å². The van der Waals surface area contributed by atoms with Crippen molar-refractivity contribution in [3.63, 3.8) is 0 Å². The first-order valence-corrected chi connectivity index (χ1v) is 8.17. The van der Waals surface area contributed by atoms with Gasteiger partial charge in [0.05, 0.1) is 13.2 Å². The minimum atomic E-state index is -0.0935. The number of benzene rings is 2. The third kappa shape index (κ3) is 3.42. The first-order valence-electron chi connectivity index (χ1n) is 8.17. The summed E-state index contributed by atoms with van der Waals surface area (Å²) in [4.78, 5) is 0. The number of rotatable bonds is 4. The highest BCUT2D eigenvalue weighted by atomic mass is 16.5. The molecule has 1 aliphatic carbocycles. The number of nitrogens with one attached hydrogen (secondary N) is 1. The molecule has 0 aliphatic heterocycles. The lowest BCUT2D eigenvalue weighted by molar-refractivity contribution is 0.114. The summed E-state index contributed by atoms with van der Waals surface area (Å²) in [6, 6.07) is 13.6. The van der Waals surface area contributed by atoms with Crippen molar-refractivity contribution in [2.45, 2.75) is 50.8 Å². The minimum Gasteiger partial charge on any atom is -0.497 e. The van der Waals surface area contributed by atoms with Gasteiger partial charge in [0.2, 0.25) is 0 Å². The molecule has 3 rings (SSSR count). The van der Waals surface area contributed by atoms with Crippen LogP contribution in [-0.2, 0) is 0 Å². The quantitative estimate of drug-likeness (QED) is 0.902. The Bertz CT molecular complexity index is 632. The number of hydrogen-bond donors (Lipinski definition) is 2. The Labute approximate surface area is 132 Å². The summed E-state index contributed by atoms with van der Waals surface area (Å²) in [7, 11) is 1.70. The fourth-order valence-electron chi connectivity index (χ4n) is 3.33. The molecule has 22 heavy (non-hydrogen) atoms. The van der Waals surface area contributed by atoms with Gasteiger partial charge in [-0.15, -0.1) is 0 Å². The second-order valence-corrected chi connectivity index (χ2v) is 6.37. The molecule has 0 bridgehead atoms. The Morgan fingerprint density at radius 2 is 1.73 bits per heavy atom. The maximum atomic E-state index is 9.60. The summed E-state index contributed by atoms with van der Waals surface area (Å²) in [5.41, 5.74) is 1.31. The molecule has 3 nitrogen and oxygen atoms in total. The molecule has 2 aromatic rings. The molecule has 1 atom stereocenters. The van der Waals surface area contributed by atoms with E-state index in [4.69, 9.17) is 4.74 Å². The summed E-state index contributed by atoms with van der Waals surface area (Å²) in [5.74, 6) is 0.896. The van der Waals surface area contributed by atoms with Crippen molar-refractivity contribution in [2.75, 3.05) is 7.11 Å². The smallest absolute Gasteiger partial charge is 0.119 e. The van der Waals surface area contributed by atoms with E-state index in [2.05, 4.69) is 42.6 Å². The fraction of sp³-hybridized carbons (Fsp3) is 0.474. The van der Waals surface area contributed by atoms with E-state index < -0.39 is 0 Å². The molecule has 3 heteroatoms. The highest BCUT2D eigenvalue weighted by molar-refractivity contribution is 5.84. The molecular weight excluding hydrogens is 274 g/mol. The molecule has 1 aliphatic rings. The molecule has 0 radical (unpaired) electrons. The lowest BCUT2D eigenvalue weighted by Gasteiger charge is -2.29. The normalized spacial score (nSPS) is 23.4. The maximum Gasteiger partial charge on any atom is 0.119 e. The monoisotopic (exact) mass is 299 g/mol. The van der Waals surface area contributed by atoms with Crippen LogP contribution < -0.4 is 10.1 Å². The van der Waals surface area contributed by atoms with Crippen molar-refractivity contribution in [3.8, 4) is 5.75 Å². The molecule has 0 heterocycles. The van der Waals surface area contributed by atoms with E-state index >= 15 is 0 Å². The van der Waals surface area contributed by atoms with Crippen LogP contribution in [0.15, 0.2) is 36.4 Å². The number of aliphatic hydroxyl groups is 1. The highest BCUT2D eigenvalue weighted by Gasteiger charge is 2.20. The predicted molar refractivity (Wildman–Crippen MR) is 90.3 cm³/mol. The predicted octanol–water partition coefficient (Wildman–Crippen LogP) is 3.80. The maximum absolute atomic E-state index is 9.60. The first kappa shape index (κ1) is 15.3. The molecular formula is C19H25NO2. The minimum absolute atomic E-state index is 0.0935. The summed E-state index contributed by atoms with van der Waals surface area (Å²) < 4.78 is 5.28. The van der Waals surface area contributed by atoms with Crippen molar-refractivity contribution in [2.24, 2.45) is 0 Å². The third-order valence-electron chi connectivity index (χ3n) is 4.75. The Morgan fingerprint density at radius 1 is 1.05 bits per heavy atom. The van der Waals surface area contributed by atoms with Gasteiger partial charge in [-0.25, -0.2) is 0 Å². The molecule has 2 N–H and O–H groups in total. The van der Waals surface area contributed by atoms with Crippen LogP contribution in [0.3, 0.4) is 0 Å². The van der Waals surface area contributed by atoms with Crippen LogP contribution in [-0.4, -0.2) is 24.4 Å². The fourth-order valence-corrected chi connectivity index (χ4v) is 3.33. The number of methoxy groups -OCH3 is 1. The number of ether oxygens (including phenoxy) is 1. The number of fused-ring (bicyclic) bond motifs is 1. The number of aliphatic hydroxyl groups excluding tert-OH is 1. The van der Waals surface area contributed by atoms with Crippen LogP contribution in [0.4, 0.5) is 0 Å². The second kappa shape index (κ2) is 6.67. The lowest BCUT2D eigenvalue weighted by Crippen LogP contribution is -2.36. The highest BCUT2D eigenvalue weighted by Crippen LogP contribution is 2.26. The van der Waals surface area contributed by atoms with Gasteiger partial charge < -0.3 is 15.2 Å².